The number of anilines is 1. The van der Waals surface area contributed by atoms with Gasteiger partial charge in [0.1, 0.15) is 0 Å². The molecule has 0 saturated heterocycles. The highest BCUT2D eigenvalue weighted by molar-refractivity contribution is 5.27. The summed E-state index contributed by atoms with van der Waals surface area (Å²) >= 11 is 0. The van der Waals surface area contributed by atoms with Crippen LogP contribution in [-0.4, -0.2) is 16.5 Å². The summed E-state index contributed by atoms with van der Waals surface area (Å²) in [7, 11) is 0. The Morgan fingerprint density at radius 1 is 1.25 bits per heavy atom. The van der Waals surface area contributed by atoms with Gasteiger partial charge in [-0.25, -0.2) is 9.97 Å². The first-order chi connectivity index (χ1) is 7.65. The quantitative estimate of drug-likeness (QED) is 0.849. The Balaban J connectivity index is 1.94. The fourth-order valence-electron chi connectivity index (χ4n) is 2.55. The molecule has 0 amide bonds. The van der Waals surface area contributed by atoms with Crippen LogP contribution in [0.1, 0.15) is 37.6 Å². The Hall–Kier alpha value is -1.12. The summed E-state index contributed by atoms with van der Waals surface area (Å²) in [5.41, 5.74) is 2.07. The maximum absolute atomic E-state index is 4.40. The second-order valence-corrected chi connectivity index (χ2v) is 5.02. The third kappa shape index (κ3) is 2.71. The van der Waals surface area contributed by atoms with Gasteiger partial charge in [-0.05, 0) is 38.2 Å². The van der Waals surface area contributed by atoms with E-state index < -0.39 is 0 Å². The van der Waals surface area contributed by atoms with Gasteiger partial charge in [0.15, 0.2) is 0 Å². The van der Waals surface area contributed by atoms with Gasteiger partial charge in [0.05, 0.1) is 0 Å². The highest BCUT2D eigenvalue weighted by Crippen LogP contribution is 2.30. The van der Waals surface area contributed by atoms with Crippen LogP contribution >= 0.6 is 0 Å². The smallest absolute Gasteiger partial charge is 0.223 e. The Bertz CT molecular complexity index is 342. The zero-order valence-corrected chi connectivity index (χ0v) is 10.5. The summed E-state index contributed by atoms with van der Waals surface area (Å²) in [6.07, 6.45) is 4.10. The van der Waals surface area contributed by atoms with Gasteiger partial charge < -0.3 is 5.32 Å². The molecular weight excluding hydrogens is 198 g/mol. The van der Waals surface area contributed by atoms with Crippen molar-refractivity contribution in [2.45, 2.75) is 40.0 Å². The van der Waals surface area contributed by atoms with Crippen molar-refractivity contribution >= 4 is 5.95 Å². The molecule has 0 bridgehead atoms. The lowest BCUT2D eigenvalue weighted by Gasteiger charge is -2.16. The average Bonchev–Trinajstić information content (AvgIpc) is 2.59. The average molecular weight is 219 g/mol. The monoisotopic (exact) mass is 219 g/mol. The fraction of sp³-hybridized carbons (Fsp3) is 0.692. The predicted octanol–water partition coefficient (Wildman–Crippen LogP) is 2.94. The van der Waals surface area contributed by atoms with E-state index >= 15 is 0 Å². The number of rotatable bonds is 3. The summed E-state index contributed by atoms with van der Waals surface area (Å²) in [5, 5.41) is 3.38. The minimum atomic E-state index is 0.789. The van der Waals surface area contributed by atoms with Crippen molar-refractivity contribution in [2.75, 3.05) is 11.9 Å². The molecule has 2 unspecified atom stereocenters. The van der Waals surface area contributed by atoms with E-state index in [9.17, 15) is 0 Å². The summed E-state index contributed by atoms with van der Waals surface area (Å²) < 4.78 is 0. The lowest BCUT2D eigenvalue weighted by molar-refractivity contribution is 0.439. The number of nitrogens with zero attached hydrogens (tertiary/aromatic N) is 2. The zero-order chi connectivity index (χ0) is 11.5. The molecule has 0 aromatic carbocycles. The lowest BCUT2D eigenvalue weighted by atomic mass is 9.98. The van der Waals surface area contributed by atoms with Crippen LogP contribution in [0.25, 0.3) is 0 Å². The largest absolute Gasteiger partial charge is 0.354 e. The third-order valence-electron chi connectivity index (χ3n) is 3.54. The number of hydrogen-bond acceptors (Lipinski definition) is 3. The number of aromatic nitrogens is 2. The maximum atomic E-state index is 4.40. The van der Waals surface area contributed by atoms with Crippen LogP contribution in [0.4, 0.5) is 5.95 Å². The highest BCUT2D eigenvalue weighted by atomic mass is 15.1. The van der Waals surface area contributed by atoms with Crippen molar-refractivity contribution < 1.29 is 0 Å². The first kappa shape index (κ1) is 11.4. The molecule has 0 radical (unpaired) electrons. The topological polar surface area (TPSA) is 37.8 Å². The molecule has 1 aromatic heterocycles. The Kier molecular flexibility index (Phi) is 3.42. The molecule has 1 heterocycles. The summed E-state index contributed by atoms with van der Waals surface area (Å²) in [6.45, 7) is 7.39. The second kappa shape index (κ2) is 4.81. The van der Waals surface area contributed by atoms with Crippen LogP contribution in [0.3, 0.4) is 0 Å². The van der Waals surface area contributed by atoms with Crippen molar-refractivity contribution in [1.29, 1.82) is 0 Å². The van der Waals surface area contributed by atoms with E-state index in [0.717, 1.165) is 35.7 Å². The standard InChI is InChI=1S/C13H21N3/c1-9-5-4-6-12(9)8-14-13-15-10(2)7-11(3)16-13/h7,9,12H,4-6,8H2,1-3H3,(H,14,15,16). The van der Waals surface area contributed by atoms with Crippen LogP contribution in [0.5, 0.6) is 0 Å². The molecule has 1 aliphatic rings. The van der Waals surface area contributed by atoms with Gasteiger partial charge in [0.2, 0.25) is 5.95 Å². The molecular formula is C13H21N3. The van der Waals surface area contributed by atoms with Crippen LogP contribution < -0.4 is 5.32 Å². The lowest BCUT2D eigenvalue weighted by Crippen LogP contribution is -2.18. The van der Waals surface area contributed by atoms with Crippen molar-refractivity contribution in [2.24, 2.45) is 11.8 Å². The first-order valence-electron chi connectivity index (χ1n) is 6.21. The van der Waals surface area contributed by atoms with E-state index in [1.807, 2.05) is 19.9 Å². The van der Waals surface area contributed by atoms with Gasteiger partial charge in [-0.1, -0.05) is 19.8 Å². The summed E-state index contributed by atoms with van der Waals surface area (Å²) in [5.74, 6) is 2.43. The fourth-order valence-corrected chi connectivity index (χ4v) is 2.55. The second-order valence-electron chi connectivity index (χ2n) is 5.02. The summed E-state index contributed by atoms with van der Waals surface area (Å²) in [4.78, 5) is 8.80. The SMILES string of the molecule is Cc1cc(C)nc(NCC2CCCC2C)n1. The van der Waals surface area contributed by atoms with E-state index in [2.05, 4.69) is 22.2 Å². The number of hydrogen-bond donors (Lipinski definition) is 1. The minimum absolute atomic E-state index is 0.789. The van der Waals surface area contributed by atoms with Crippen LogP contribution in [0.15, 0.2) is 6.07 Å². The van der Waals surface area contributed by atoms with Crippen molar-refractivity contribution in [1.82, 2.24) is 9.97 Å². The molecule has 3 nitrogen and oxygen atoms in total. The third-order valence-corrected chi connectivity index (χ3v) is 3.54. The molecule has 1 fully saturated rings. The molecule has 3 heteroatoms. The van der Waals surface area contributed by atoms with Gasteiger partial charge >= 0.3 is 0 Å². The Labute approximate surface area is 97.7 Å². The number of nitrogens with one attached hydrogen (secondary N) is 1. The van der Waals surface area contributed by atoms with Gasteiger partial charge in [0, 0.05) is 17.9 Å². The van der Waals surface area contributed by atoms with E-state index in [-0.39, 0.29) is 0 Å². The molecule has 1 saturated carbocycles. The van der Waals surface area contributed by atoms with Crippen LogP contribution in [-0.2, 0) is 0 Å². The summed E-state index contributed by atoms with van der Waals surface area (Å²) in [6, 6.07) is 2.00. The molecule has 88 valence electrons. The van der Waals surface area contributed by atoms with Gasteiger partial charge in [0.25, 0.3) is 0 Å². The molecule has 1 aromatic rings. The van der Waals surface area contributed by atoms with Crippen molar-refractivity contribution in [3.05, 3.63) is 17.5 Å². The minimum Gasteiger partial charge on any atom is -0.354 e. The molecule has 2 atom stereocenters. The van der Waals surface area contributed by atoms with E-state index in [0.29, 0.717) is 0 Å². The zero-order valence-electron chi connectivity index (χ0n) is 10.5. The normalized spacial score (nSPS) is 24.7. The molecule has 0 spiro atoms. The van der Waals surface area contributed by atoms with Gasteiger partial charge in [-0.15, -0.1) is 0 Å². The molecule has 1 aliphatic carbocycles. The van der Waals surface area contributed by atoms with Crippen molar-refractivity contribution in [3.8, 4) is 0 Å². The van der Waals surface area contributed by atoms with Crippen molar-refractivity contribution in [3.63, 3.8) is 0 Å². The van der Waals surface area contributed by atoms with Crippen LogP contribution in [0, 0.1) is 25.7 Å². The molecule has 16 heavy (non-hydrogen) atoms. The molecule has 0 aliphatic heterocycles. The van der Waals surface area contributed by atoms with E-state index in [4.69, 9.17) is 0 Å². The molecule has 2 rings (SSSR count). The molecule has 1 N–H and O–H groups in total. The number of aryl methyl sites for hydroxylation is 2. The van der Waals surface area contributed by atoms with Gasteiger partial charge in [-0.2, -0.15) is 0 Å². The van der Waals surface area contributed by atoms with Crippen LogP contribution in [0.2, 0.25) is 0 Å². The first-order valence-corrected chi connectivity index (χ1v) is 6.21. The maximum Gasteiger partial charge on any atom is 0.223 e. The predicted molar refractivity (Wildman–Crippen MR) is 66.5 cm³/mol. The van der Waals surface area contributed by atoms with E-state index in [1.54, 1.807) is 0 Å². The van der Waals surface area contributed by atoms with Gasteiger partial charge in [-0.3, -0.25) is 0 Å². The highest BCUT2D eigenvalue weighted by Gasteiger charge is 2.22. The Morgan fingerprint density at radius 3 is 2.50 bits per heavy atom. The van der Waals surface area contributed by atoms with E-state index in [1.165, 1.54) is 19.3 Å². The Morgan fingerprint density at radius 2 is 1.94 bits per heavy atom.